The summed E-state index contributed by atoms with van der Waals surface area (Å²) >= 11 is 0. The Morgan fingerprint density at radius 2 is 1.79 bits per heavy atom. The molecule has 0 radical (unpaired) electrons. The third kappa shape index (κ3) is 1.92. The van der Waals surface area contributed by atoms with Gasteiger partial charge in [-0.1, -0.05) is 42.5 Å². The summed E-state index contributed by atoms with van der Waals surface area (Å²) < 4.78 is 1.28. The summed E-state index contributed by atoms with van der Waals surface area (Å²) in [5, 5.41) is 10.5. The number of benzene rings is 2. The highest BCUT2D eigenvalue weighted by Gasteiger charge is 2.23. The van der Waals surface area contributed by atoms with E-state index >= 15 is 0 Å². The van der Waals surface area contributed by atoms with Crippen LogP contribution < -0.4 is 11.4 Å². The second kappa shape index (κ2) is 5.18. The molecule has 0 spiro atoms. The number of allylic oxidation sites excluding steroid dienone is 1. The van der Waals surface area contributed by atoms with E-state index in [0.29, 0.717) is 17.0 Å². The molecule has 0 atom stereocenters. The molecule has 4 rings (SSSR count). The fourth-order valence-electron chi connectivity index (χ4n) is 2.85. The smallest absolute Gasteiger partial charge is 0.353 e. The van der Waals surface area contributed by atoms with Crippen LogP contribution in [0.15, 0.2) is 64.5 Å². The molecule has 0 unspecified atom stereocenters. The second-order valence-corrected chi connectivity index (χ2v) is 5.29. The molecular formula is C18H11N5O. The van der Waals surface area contributed by atoms with Crippen molar-refractivity contribution in [1.82, 2.24) is 9.55 Å². The summed E-state index contributed by atoms with van der Waals surface area (Å²) in [6.07, 6.45) is 1.49. The number of para-hydroxylation sites is 1. The molecule has 2 heterocycles. The van der Waals surface area contributed by atoms with Gasteiger partial charge in [-0.3, -0.25) is 0 Å². The van der Waals surface area contributed by atoms with Gasteiger partial charge in [0, 0.05) is 22.7 Å². The van der Waals surface area contributed by atoms with Gasteiger partial charge >= 0.3 is 5.69 Å². The van der Waals surface area contributed by atoms with Crippen molar-refractivity contribution >= 4 is 28.1 Å². The van der Waals surface area contributed by atoms with Crippen LogP contribution in [0.25, 0.3) is 22.3 Å². The number of nitrogens with two attached hydrogens (primary N) is 1. The lowest BCUT2D eigenvalue weighted by Crippen LogP contribution is -2.22. The molecule has 1 aliphatic rings. The zero-order chi connectivity index (χ0) is 16.7. The number of rotatable bonds is 1. The van der Waals surface area contributed by atoms with Crippen LogP contribution in [0.5, 0.6) is 0 Å². The van der Waals surface area contributed by atoms with Crippen molar-refractivity contribution in [1.29, 1.82) is 5.26 Å². The highest BCUT2D eigenvalue weighted by molar-refractivity contribution is 6.13. The predicted octanol–water partition coefficient (Wildman–Crippen LogP) is 1.96. The van der Waals surface area contributed by atoms with E-state index in [1.165, 1.54) is 10.8 Å². The maximum Gasteiger partial charge on any atom is 0.353 e. The van der Waals surface area contributed by atoms with E-state index in [2.05, 4.69) is 16.0 Å². The van der Waals surface area contributed by atoms with Gasteiger partial charge in [-0.2, -0.15) is 5.26 Å². The first kappa shape index (κ1) is 13.9. The quantitative estimate of drug-likeness (QED) is 0.694. The zero-order valence-electron chi connectivity index (χ0n) is 12.5. The van der Waals surface area contributed by atoms with Gasteiger partial charge in [0.15, 0.2) is 5.70 Å². The van der Waals surface area contributed by atoms with E-state index in [4.69, 9.17) is 5.73 Å². The molecule has 0 saturated heterocycles. The van der Waals surface area contributed by atoms with Crippen molar-refractivity contribution in [2.24, 2.45) is 10.7 Å². The Morgan fingerprint density at radius 1 is 1.08 bits per heavy atom. The summed E-state index contributed by atoms with van der Waals surface area (Å²) in [6.45, 7) is 0. The SMILES string of the molecule is N#C/C(=C1/N=C(N)c2ccccc21)n1c(=O)ncc2ccccc21. The molecule has 6 heteroatoms. The molecule has 24 heavy (non-hydrogen) atoms. The number of hydrogen-bond acceptors (Lipinski definition) is 5. The first-order valence-electron chi connectivity index (χ1n) is 7.26. The summed E-state index contributed by atoms with van der Waals surface area (Å²) in [5.41, 5.74) is 8.00. The summed E-state index contributed by atoms with van der Waals surface area (Å²) in [4.78, 5) is 20.6. The topological polar surface area (TPSA) is 97.1 Å². The lowest BCUT2D eigenvalue weighted by atomic mass is 10.1. The summed E-state index contributed by atoms with van der Waals surface area (Å²) in [5.74, 6) is 0.328. The van der Waals surface area contributed by atoms with Gasteiger partial charge < -0.3 is 5.73 Å². The second-order valence-electron chi connectivity index (χ2n) is 5.29. The van der Waals surface area contributed by atoms with Gasteiger partial charge in [0.25, 0.3) is 0 Å². The molecule has 0 fully saturated rings. The Balaban J connectivity index is 2.12. The third-order valence-electron chi connectivity index (χ3n) is 3.93. The predicted molar refractivity (Wildman–Crippen MR) is 91.9 cm³/mol. The Kier molecular flexibility index (Phi) is 3.00. The van der Waals surface area contributed by atoms with Gasteiger partial charge in [-0.05, 0) is 6.07 Å². The van der Waals surface area contributed by atoms with E-state index < -0.39 is 5.69 Å². The molecule has 1 aliphatic heterocycles. The minimum Gasteiger partial charge on any atom is -0.383 e. The Hall–Kier alpha value is -3.72. The van der Waals surface area contributed by atoms with Gasteiger partial charge in [0.1, 0.15) is 17.6 Å². The molecule has 0 bridgehead atoms. The number of amidine groups is 1. The number of nitrogens with zero attached hydrogens (tertiary/aromatic N) is 4. The molecule has 0 aliphatic carbocycles. The van der Waals surface area contributed by atoms with Gasteiger partial charge in [-0.25, -0.2) is 19.3 Å². The minimum atomic E-state index is -0.532. The molecule has 0 saturated carbocycles. The molecule has 6 nitrogen and oxygen atoms in total. The monoisotopic (exact) mass is 313 g/mol. The van der Waals surface area contributed by atoms with Crippen molar-refractivity contribution in [2.45, 2.75) is 0 Å². The Bertz CT molecular complexity index is 1150. The molecule has 3 aromatic rings. The fraction of sp³-hybridized carbons (Fsp3) is 0. The van der Waals surface area contributed by atoms with E-state index in [0.717, 1.165) is 16.5 Å². The third-order valence-corrected chi connectivity index (χ3v) is 3.93. The van der Waals surface area contributed by atoms with E-state index in [-0.39, 0.29) is 5.70 Å². The molecule has 2 N–H and O–H groups in total. The van der Waals surface area contributed by atoms with Crippen molar-refractivity contribution < 1.29 is 0 Å². The lowest BCUT2D eigenvalue weighted by Gasteiger charge is -2.09. The summed E-state index contributed by atoms with van der Waals surface area (Å²) in [6, 6.07) is 16.7. The van der Waals surface area contributed by atoms with Crippen molar-refractivity contribution in [2.75, 3.05) is 0 Å². The Labute approximate surface area is 136 Å². The normalized spacial score (nSPS) is 14.9. The lowest BCUT2D eigenvalue weighted by molar-refractivity contribution is 0.988. The number of aromatic nitrogens is 2. The number of nitriles is 1. The van der Waals surface area contributed by atoms with Crippen molar-refractivity contribution in [3.05, 3.63) is 76.3 Å². The van der Waals surface area contributed by atoms with Crippen LogP contribution >= 0.6 is 0 Å². The number of fused-ring (bicyclic) bond motifs is 2. The van der Waals surface area contributed by atoms with Crippen LogP contribution in [0.2, 0.25) is 0 Å². The van der Waals surface area contributed by atoms with Crippen LogP contribution in [0.1, 0.15) is 11.1 Å². The van der Waals surface area contributed by atoms with Gasteiger partial charge in [0.2, 0.25) is 0 Å². The largest absolute Gasteiger partial charge is 0.383 e. The van der Waals surface area contributed by atoms with E-state index in [9.17, 15) is 10.1 Å². The van der Waals surface area contributed by atoms with Crippen LogP contribution in [0, 0.1) is 11.3 Å². The Morgan fingerprint density at radius 3 is 2.58 bits per heavy atom. The molecule has 1 aromatic heterocycles. The van der Waals surface area contributed by atoms with Gasteiger partial charge in [0.05, 0.1) is 5.52 Å². The van der Waals surface area contributed by atoms with E-state index in [1.807, 2.05) is 36.4 Å². The minimum absolute atomic E-state index is 0.109. The highest BCUT2D eigenvalue weighted by Crippen LogP contribution is 2.31. The standard InChI is InChI=1S/C18H11N5O/c19-9-15(16-12-6-2-3-7-13(12)17(20)22-16)23-14-8-4-1-5-11(14)10-21-18(23)24/h1-8,10H,(H2,20,22)/b16-15-. The average molecular weight is 313 g/mol. The van der Waals surface area contributed by atoms with E-state index in [1.54, 1.807) is 12.1 Å². The maximum atomic E-state index is 12.4. The maximum absolute atomic E-state index is 12.4. The van der Waals surface area contributed by atoms with Crippen LogP contribution in [0.4, 0.5) is 0 Å². The molecule has 2 aromatic carbocycles. The van der Waals surface area contributed by atoms with Crippen molar-refractivity contribution in [3.63, 3.8) is 0 Å². The molecular weight excluding hydrogens is 302 g/mol. The van der Waals surface area contributed by atoms with Crippen molar-refractivity contribution in [3.8, 4) is 6.07 Å². The highest BCUT2D eigenvalue weighted by atomic mass is 16.1. The summed E-state index contributed by atoms with van der Waals surface area (Å²) in [7, 11) is 0. The molecule has 114 valence electrons. The van der Waals surface area contributed by atoms with Crippen LogP contribution in [-0.2, 0) is 0 Å². The zero-order valence-corrected chi connectivity index (χ0v) is 12.5. The molecule has 0 amide bonds. The first-order valence-corrected chi connectivity index (χ1v) is 7.26. The number of aliphatic imine (C=N–C) groups is 1. The average Bonchev–Trinajstić information content (AvgIpc) is 2.95. The first-order chi connectivity index (χ1) is 11.7. The van der Waals surface area contributed by atoms with Gasteiger partial charge in [-0.15, -0.1) is 0 Å². The van der Waals surface area contributed by atoms with Crippen LogP contribution in [0.3, 0.4) is 0 Å². The number of hydrogen-bond donors (Lipinski definition) is 1. The van der Waals surface area contributed by atoms with Crippen LogP contribution in [-0.4, -0.2) is 15.4 Å². The fourth-order valence-corrected chi connectivity index (χ4v) is 2.85.